The quantitative estimate of drug-likeness (QED) is 0.328. The second-order valence-corrected chi connectivity index (χ2v) is 11.3. The maximum absolute atomic E-state index is 11.4. The number of nitrogens with zero attached hydrogens (tertiary/aromatic N) is 4. The van der Waals surface area contributed by atoms with Crippen LogP contribution in [-0.4, -0.2) is 39.3 Å². The summed E-state index contributed by atoms with van der Waals surface area (Å²) in [5, 5.41) is 14.9. The minimum Gasteiger partial charge on any atom is -0.477 e. The number of aryl methyl sites for hydroxylation is 2. The lowest BCUT2D eigenvalue weighted by molar-refractivity contribution is 0.0691. The van der Waals surface area contributed by atoms with Crippen LogP contribution < -0.4 is 4.90 Å². The fourth-order valence-corrected chi connectivity index (χ4v) is 6.23. The van der Waals surface area contributed by atoms with Crippen molar-refractivity contribution in [1.82, 2.24) is 15.1 Å². The molecule has 1 spiro atoms. The van der Waals surface area contributed by atoms with Gasteiger partial charge in [-0.25, -0.2) is 9.78 Å². The molecule has 0 atom stereocenters. The first kappa shape index (κ1) is 23.1. The highest BCUT2D eigenvalue weighted by atomic mass is 16.5. The number of carbonyl (C=O) groups is 1. The third-order valence-corrected chi connectivity index (χ3v) is 8.65. The van der Waals surface area contributed by atoms with Gasteiger partial charge in [0.1, 0.15) is 17.1 Å². The van der Waals surface area contributed by atoms with Crippen LogP contribution in [0.5, 0.6) is 0 Å². The molecule has 0 amide bonds. The van der Waals surface area contributed by atoms with Crippen LogP contribution in [0.3, 0.4) is 0 Å². The number of hydrogen-bond acceptors (Lipinski definition) is 6. The molecule has 3 aliphatic rings. The van der Waals surface area contributed by atoms with Crippen LogP contribution in [0.25, 0.3) is 27.7 Å². The molecule has 1 aromatic carbocycles. The predicted octanol–water partition coefficient (Wildman–Crippen LogP) is 6.55. The Hall–Kier alpha value is -4.00. The first-order chi connectivity index (χ1) is 18.4. The van der Waals surface area contributed by atoms with Gasteiger partial charge in [-0.1, -0.05) is 11.2 Å². The molecule has 4 heterocycles. The van der Waals surface area contributed by atoms with Crippen molar-refractivity contribution in [2.45, 2.75) is 51.9 Å². The van der Waals surface area contributed by atoms with Crippen molar-refractivity contribution in [3.63, 3.8) is 0 Å². The number of hydrogen-bond donors (Lipinski definition) is 1. The van der Waals surface area contributed by atoms with E-state index in [0.717, 1.165) is 65.8 Å². The van der Waals surface area contributed by atoms with Gasteiger partial charge in [-0.05, 0) is 98.4 Å². The molecule has 1 N–H and O–H groups in total. The van der Waals surface area contributed by atoms with Crippen molar-refractivity contribution in [2.24, 2.45) is 5.41 Å². The van der Waals surface area contributed by atoms with Gasteiger partial charge in [-0.2, -0.15) is 0 Å². The number of aromatic nitrogens is 3. The zero-order valence-electron chi connectivity index (χ0n) is 21.7. The second kappa shape index (κ2) is 8.51. The summed E-state index contributed by atoms with van der Waals surface area (Å²) in [6.07, 6.45) is 11.9. The van der Waals surface area contributed by atoms with Crippen LogP contribution in [0.1, 0.15) is 71.0 Å². The Labute approximate surface area is 221 Å². The Morgan fingerprint density at radius 1 is 1.11 bits per heavy atom. The molecule has 0 radical (unpaired) electrons. The van der Waals surface area contributed by atoms with Crippen molar-refractivity contribution in [3.05, 3.63) is 76.9 Å². The summed E-state index contributed by atoms with van der Waals surface area (Å²) in [4.78, 5) is 22.5. The Morgan fingerprint density at radius 2 is 1.89 bits per heavy atom. The van der Waals surface area contributed by atoms with Gasteiger partial charge in [-0.3, -0.25) is 4.98 Å². The highest BCUT2D eigenvalue weighted by molar-refractivity contribution is 5.92. The summed E-state index contributed by atoms with van der Waals surface area (Å²) in [5.74, 6) is 0.569. The summed E-state index contributed by atoms with van der Waals surface area (Å²) in [7, 11) is 0. The largest absolute Gasteiger partial charge is 0.477 e. The molecule has 1 saturated heterocycles. The zero-order chi connectivity index (χ0) is 26.0. The lowest BCUT2D eigenvalue weighted by atomic mass is 9.63. The molecule has 38 heavy (non-hydrogen) atoms. The fourth-order valence-electron chi connectivity index (χ4n) is 6.23. The van der Waals surface area contributed by atoms with Crippen molar-refractivity contribution >= 4 is 28.1 Å². The fraction of sp³-hybridized carbons (Fsp3) is 0.355. The van der Waals surface area contributed by atoms with E-state index in [-0.39, 0.29) is 11.1 Å². The zero-order valence-corrected chi connectivity index (χ0v) is 21.7. The van der Waals surface area contributed by atoms with Gasteiger partial charge in [-0.15, -0.1) is 0 Å². The van der Waals surface area contributed by atoms with E-state index in [1.807, 2.05) is 31.5 Å². The van der Waals surface area contributed by atoms with Crippen LogP contribution in [0.4, 0.5) is 5.69 Å². The molecule has 1 aliphatic heterocycles. The van der Waals surface area contributed by atoms with E-state index in [2.05, 4.69) is 45.2 Å². The van der Waals surface area contributed by atoms with Crippen LogP contribution in [0.2, 0.25) is 0 Å². The van der Waals surface area contributed by atoms with Gasteiger partial charge in [0.15, 0.2) is 0 Å². The highest BCUT2D eigenvalue weighted by Gasteiger charge is 2.44. The standard InChI is InChI=1S/C31H30N4O3/c1-18-7-10-32-17-24(18)28-27(29(38-34-28)20-3-4-20)21-15-31(16-21)8-11-35(12-9-31)22-5-6-25-23(14-22)19(2)13-26(33-25)30(36)37/h5-7,10,13-15,17,20H,3-4,8-9,11-12,16H2,1-2H3,(H,36,37). The average molecular weight is 507 g/mol. The normalized spacial score (nSPS) is 18.5. The Bertz CT molecular complexity index is 1620. The molecular weight excluding hydrogens is 476 g/mol. The number of carboxylic acid groups (broad SMARTS) is 1. The number of piperidine rings is 1. The van der Waals surface area contributed by atoms with E-state index >= 15 is 0 Å². The van der Waals surface area contributed by atoms with Crippen LogP contribution in [-0.2, 0) is 0 Å². The first-order valence-corrected chi connectivity index (χ1v) is 13.4. The molecule has 0 bridgehead atoms. The van der Waals surface area contributed by atoms with Gasteiger partial charge >= 0.3 is 5.97 Å². The van der Waals surface area contributed by atoms with Crippen LogP contribution in [0, 0.1) is 19.3 Å². The first-order valence-electron chi connectivity index (χ1n) is 13.4. The minimum absolute atomic E-state index is 0.0924. The van der Waals surface area contributed by atoms with Gasteiger partial charge < -0.3 is 14.5 Å². The van der Waals surface area contributed by atoms with Crippen LogP contribution in [0.15, 0.2) is 53.3 Å². The molecule has 7 nitrogen and oxygen atoms in total. The number of anilines is 1. The maximum Gasteiger partial charge on any atom is 0.354 e. The van der Waals surface area contributed by atoms with Crippen molar-refractivity contribution < 1.29 is 14.4 Å². The number of pyridine rings is 2. The third kappa shape index (κ3) is 3.80. The molecule has 2 fully saturated rings. The van der Waals surface area contributed by atoms with Gasteiger partial charge in [0.05, 0.1) is 5.52 Å². The van der Waals surface area contributed by atoms with Gasteiger partial charge in [0, 0.05) is 53.6 Å². The number of carboxylic acids is 1. The van der Waals surface area contributed by atoms with Crippen LogP contribution >= 0.6 is 0 Å². The summed E-state index contributed by atoms with van der Waals surface area (Å²) in [6.45, 7) is 6.04. The van der Waals surface area contributed by atoms with Gasteiger partial charge in [0.25, 0.3) is 0 Å². The molecule has 3 aromatic heterocycles. The van der Waals surface area contributed by atoms with E-state index in [9.17, 15) is 9.90 Å². The number of benzene rings is 1. The Morgan fingerprint density at radius 3 is 2.61 bits per heavy atom. The van der Waals surface area contributed by atoms with Crippen molar-refractivity contribution in [3.8, 4) is 11.3 Å². The lowest BCUT2D eigenvalue weighted by Crippen LogP contribution is -2.42. The van der Waals surface area contributed by atoms with Crippen molar-refractivity contribution in [2.75, 3.05) is 18.0 Å². The summed E-state index contributed by atoms with van der Waals surface area (Å²) in [6, 6.07) is 9.87. The molecule has 1 saturated carbocycles. The van der Waals surface area contributed by atoms with E-state index in [1.54, 1.807) is 6.07 Å². The molecule has 7 rings (SSSR count). The van der Waals surface area contributed by atoms with Gasteiger partial charge in [0.2, 0.25) is 0 Å². The number of aromatic carboxylic acids is 1. The topological polar surface area (TPSA) is 92.4 Å². The third-order valence-electron chi connectivity index (χ3n) is 8.65. The molecule has 7 heteroatoms. The Kier molecular flexibility index (Phi) is 5.18. The maximum atomic E-state index is 11.4. The lowest BCUT2D eigenvalue weighted by Gasteiger charge is -2.47. The predicted molar refractivity (Wildman–Crippen MR) is 146 cm³/mol. The molecular formula is C31H30N4O3. The molecule has 2 aliphatic carbocycles. The minimum atomic E-state index is -0.994. The van der Waals surface area contributed by atoms with E-state index < -0.39 is 5.97 Å². The van der Waals surface area contributed by atoms with Crippen molar-refractivity contribution in [1.29, 1.82) is 0 Å². The number of fused-ring (bicyclic) bond motifs is 1. The highest BCUT2D eigenvalue weighted by Crippen LogP contribution is 2.55. The summed E-state index contributed by atoms with van der Waals surface area (Å²) >= 11 is 0. The monoisotopic (exact) mass is 506 g/mol. The number of rotatable bonds is 5. The number of allylic oxidation sites excluding steroid dienone is 2. The summed E-state index contributed by atoms with van der Waals surface area (Å²) < 4.78 is 5.94. The van der Waals surface area contributed by atoms with E-state index in [1.165, 1.54) is 35.2 Å². The Balaban J connectivity index is 1.13. The molecule has 0 unspecified atom stereocenters. The molecule has 4 aromatic rings. The smallest absolute Gasteiger partial charge is 0.354 e. The average Bonchev–Trinajstić information content (AvgIpc) is 3.66. The van der Waals surface area contributed by atoms with E-state index in [4.69, 9.17) is 4.52 Å². The SMILES string of the molecule is Cc1ccncc1-c1noc(C2CC2)c1C1=CC2(CCN(c3ccc4nc(C(=O)O)cc(C)c4c3)CC2)C1. The molecule has 192 valence electrons. The second-order valence-electron chi connectivity index (χ2n) is 11.3. The summed E-state index contributed by atoms with van der Waals surface area (Å²) in [5.41, 5.74) is 8.93. The van der Waals surface area contributed by atoms with E-state index in [0.29, 0.717) is 5.92 Å².